The summed E-state index contributed by atoms with van der Waals surface area (Å²) in [5.41, 5.74) is 11.8. The van der Waals surface area contributed by atoms with Gasteiger partial charge in [-0.1, -0.05) is 6.92 Å². The highest BCUT2D eigenvalue weighted by Gasteiger charge is 2.22. The molecule has 2 aliphatic rings. The Morgan fingerprint density at radius 2 is 1.48 bits per heavy atom. The molecular weight excluding hydrogens is 504 g/mol. The van der Waals surface area contributed by atoms with Gasteiger partial charge in [-0.25, -0.2) is 0 Å². The first-order valence-electron chi connectivity index (χ1n) is 13.8. The van der Waals surface area contributed by atoms with Gasteiger partial charge < -0.3 is 29.7 Å². The summed E-state index contributed by atoms with van der Waals surface area (Å²) in [6, 6.07) is 2.17. The molecule has 1 fully saturated rings. The number of H-pyrrole nitrogens is 3. The lowest BCUT2D eigenvalue weighted by molar-refractivity contribution is -0.141. The van der Waals surface area contributed by atoms with Gasteiger partial charge >= 0.3 is 11.9 Å². The van der Waals surface area contributed by atoms with Crippen molar-refractivity contribution in [2.75, 3.05) is 14.2 Å². The molecule has 0 aromatic carbocycles. The maximum absolute atomic E-state index is 12.1. The quantitative estimate of drug-likeness (QED) is 0.354. The first-order valence-corrected chi connectivity index (χ1v) is 13.8. The number of carbonyl (C=O) groups excluding carboxylic acids is 2. The van der Waals surface area contributed by atoms with Crippen molar-refractivity contribution in [3.8, 4) is 0 Å². The predicted molar refractivity (Wildman–Crippen MR) is 157 cm³/mol. The third-order valence-corrected chi connectivity index (χ3v) is 8.16. The molecule has 5 heterocycles. The second kappa shape index (κ2) is 11.1. The van der Waals surface area contributed by atoms with Crippen LogP contribution in [0, 0.1) is 26.7 Å². The van der Waals surface area contributed by atoms with Gasteiger partial charge in [0.05, 0.1) is 14.2 Å². The molecule has 0 saturated carbocycles. The van der Waals surface area contributed by atoms with E-state index in [9.17, 15) is 9.59 Å². The largest absolute Gasteiger partial charge is 0.469 e. The average Bonchev–Trinajstić information content (AvgIpc) is 3.62. The molecule has 2 aliphatic heterocycles. The van der Waals surface area contributed by atoms with Crippen molar-refractivity contribution in [2.24, 2.45) is 5.92 Å². The third kappa shape index (κ3) is 5.43. The molecule has 8 heteroatoms. The number of allylic oxidation sites excluding steroid dienone is 2. The molecule has 40 heavy (non-hydrogen) atoms. The molecule has 4 N–H and O–H groups in total. The van der Waals surface area contributed by atoms with Crippen LogP contribution in [0.1, 0.15) is 76.8 Å². The highest BCUT2D eigenvalue weighted by molar-refractivity contribution is 5.72. The van der Waals surface area contributed by atoms with Crippen molar-refractivity contribution in [1.29, 1.82) is 0 Å². The van der Waals surface area contributed by atoms with E-state index in [-0.39, 0.29) is 18.4 Å². The van der Waals surface area contributed by atoms with Gasteiger partial charge in [-0.15, -0.1) is 0 Å². The summed E-state index contributed by atoms with van der Waals surface area (Å²) in [7, 11) is 2.83. The van der Waals surface area contributed by atoms with Crippen LogP contribution in [-0.2, 0) is 31.9 Å². The Kier molecular flexibility index (Phi) is 7.61. The van der Waals surface area contributed by atoms with E-state index in [0.717, 1.165) is 73.4 Å². The monoisotopic (exact) mass is 542 g/mol. The Morgan fingerprint density at radius 1 is 0.800 bits per heavy atom. The van der Waals surface area contributed by atoms with Gasteiger partial charge in [-0.2, -0.15) is 0 Å². The van der Waals surface area contributed by atoms with E-state index in [1.165, 1.54) is 19.9 Å². The van der Waals surface area contributed by atoms with E-state index in [4.69, 9.17) is 9.47 Å². The van der Waals surface area contributed by atoms with Crippen molar-refractivity contribution < 1.29 is 19.1 Å². The van der Waals surface area contributed by atoms with E-state index in [0.29, 0.717) is 25.2 Å². The van der Waals surface area contributed by atoms with Crippen LogP contribution in [-0.4, -0.2) is 41.1 Å². The van der Waals surface area contributed by atoms with Crippen molar-refractivity contribution >= 4 is 36.2 Å². The zero-order valence-corrected chi connectivity index (χ0v) is 24.1. The Labute approximate surface area is 234 Å². The van der Waals surface area contributed by atoms with Crippen LogP contribution in [0.3, 0.4) is 0 Å². The number of rotatable bonds is 6. The first kappa shape index (κ1) is 27.4. The average molecular weight is 543 g/mol. The molecule has 1 unspecified atom stereocenters. The summed E-state index contributed by atoms with van der Waals surface area (Å²) in [5, 5.41) is 5.55. The fraction of sp³-hybridized carbons (Fsp3) is 0.375. The second-order valence-corrected chi connectivity index (χ2v) is 10.9. The van der Waals surface area contributed by atoms with Crippen molar-refractivity contribution in [3.05, 3.63) is 78.8 Å². The third-order valence-electron chi connectivity index (χ3n) is 8.16. The van der Waals surface area contributed by atoms with E-state index in [2.05, 4.69) is 78.3 Å². The minimum atomic E-state index is -0.242. The summed E-state index contributed by atoms with van der Waals surface area (Å²) in [4.78, 5) is 35.0. The lowest BCUT2D eigenvalue weighted by Crippen LogP contribution is -2.14. The number of hydrogen-bond acceptors (Lipinski definition) is 5. The number of nitrogens with one attached hydrogen (secondary N) is 4. The van der Waals surface area contributed by atoms with Crippen LogP contribution >= 0.6 is 0 Å². The molecule has 210 valence electrons. The number of esters is 2. The molecule has 0 amide bonds. The fourth-order valence-electron chi connectivity index (χ4n) is 5.73. The highest BCUT2D eigenvalue weighted by Crippen LogP contribution is 2.31. The molecule has 0 radical (unpaired) electrons. The molecule has 8 bridgehead atoms. The normalized spacial score (nSPS) is 20.2. The van der Waals surface area contributed by atoms with Crippen LogP contribution in [0.4, 0.5) is 0 Å². The Morgan fingerprint density at radius 3 is 2.17 bits per heavy atom. The van der Waals surface area contributed by atoms with Crippen LogP contribution in [0.5, 0.6) is 0 Å². The summed E-state index contributed by atoms with van der Waals surface area (Å²) in [6.07, 6.45) is 11.2. The van der Waals surface area contributed by atoms with Crippen molar-refractivity contribution in [3.63, 3.8) is 0 Å². The lowest BCUT2D eigenvalue weighted by Gasteiger charge is -2.04. The SMILES string of the molecule is COC(=O)CCc1c2[nH]c(c1C)/C=C1/CC(C)/C(=C/c3cc(C)c([nH]3)/C=c3\[nH]/c(c(CCC(=O)OC)c3C)=C\2)N1. The molecule has 5 rings (SSSR count). The van der Waals surface area contributed by atoms with Gasteiger partial charge in [0.1, 0.15) is 0 Å². The second-order valence-electron chi connectivity index (χ2n) is 10.9. The molecular formula is C32H38N4O4. The van der Waals surface area contributed by atoms with Gasteiger partial charge in [0.2, 0.25) is 0 Å². The number of aromatic nitrogens is 3. The summed E-state index contributed by atoms with van der Waals surface area (Å²) in [6.45, 7) is 8.52. The lowest BCUT2D eigenvalue weighted by atomic mass is 10.0. The number of methoxy groups -OCH3 is 2. The molecule has 0 aliphatic carbocycles. The Hall–Kier alpha value is -4.20. The zero-order chi connectivity index (χ0) is 28.6. The van der Waals surface area contributed by atoms with Crippen molar-refractivity contribution in [1.82, 2.24) is 20.3 Å². The van der Waals surface area contributed by atoms with Crippen molar-refractivity contribution in [2.45, 2.75) is 59.8 Å². The molecule has 0 spiro atoms. The smallest absolute Gasteiger partial charge is 0.305 e. The molecule has 3 aromatic rings. The molecule has 1 atom stereocenters. The maximum Gasteiger partial charge on any atom is 0.305 e. The number of aryl methyl sites for hydroxylation is 1. The summed E-state index contributed by atoms with van der Waals surface area (Å²) < 4.78 is 9.86. The summed E-state index contributed by atoms with van der Waals surface area (Å²) in [5.74, 6) is -0.116. The number of hydrogen-bond donors (Lipinski definition) is 4. The Bertz CT molecular complexity index is 1660. The standard InChI is InChI=1S/C32H38N4O4/c1-17-11-22-14-27-19(3)23(7-9-31(37)39-5)29(35-27)16-30-24(8-10-32(38)40-6)20(4)28(36-30)15-26-18(2)12-21(34-26)13-25(17)33-22/h12-17,33-36H,7-11H2,1-6H3/b22-14-,25-13-,28-15-,30-16-. The number of aromatic amines is 3. The topological polar surface area (TPSA) is 112 Å². The van der Waals surface area contributed by atoms with Crippen LogP contribution < -0.4 is 16.0 Å². The van der Waals surface area contributed by atoms with Gasteiger partial charge in [-0.05, 0) is 98.2 Å². The molecule has 1 saturated heterocycles. The van der Waals surface area contributed by atoms with E-state index >= 15 is 0 Å². The predicted octanol–water partition coefficient (Wildman–Crippen LogP) is 3.79. The first-order chi connectivity index (χ1) is 19.2. The van der Waals surface area contributed by atoms with Gasteiger partial charge in [-0.3, -0.25) is 9.59 Å². The van der Waals surface area contributed by atoms with Crippen LogP contribution in [0.2, 0.25) is 0 Å². The Balaban J connectivity index is 1.75. The van der Waals surface area contributed by atoms with E-state index in [1.807, 2.05) is 0 Å². The van der Waals surface area contributed by atoms with E-state index in [1.54, 1.807) is 0 Å². The highest BCUT2D eigenvalue weighted by atomic mass is 16.5. The van der Waals surface area contributed by atoms with E-state index < -0.39 is 0 Å². The number of carbonyl (C=O) groups is 2. The summed E-state index contributed by atoms with van der Waals surface area (Å²) >= 11 is 0. The minimum absolute atomic E-state index is 0.238. The van der Waals surface area contributed by atoms with Gasteiger partial charge in [0.15, 0.2) is 0 Å². The van der Waals surface area contributed by atoms with Gasteiger partial charge in [0, 0.05) is 63.6 Å². The zero-order valence-electron chi connectivity index (χ0n) is 24.1. The van der Waals surface area contributed by atoms with Gasteiger partial charge in [0.25, 0.3) is 0 Å². The maximum atomic E-state index is 12.1. The minimum Gasteiger partial charge on any atom is -0.469 e. The number of ether oxygens (including phenoxy) is 2. The molecule has 8 nitrogen and oxygen atoms in total. The van der Waals surface area contributed by atoms with Crippen LogP contribution in [0.15, 0.2) is 17.5 Å². The van der Waals surface area contributed by atoms with Crippen LogP contribution in [0.25, 0.3) is 24.3 Å². The fourth-order valence-corrected chi connectivity index (χ4v) is 5.73. The number of fused-ring (bicyclic) bond motifs is 8. The molecule has 3 aromatic heterocycles.